The van der Waals surface area contributed by atoms with Crippen molar-refractivity contribution in [3.63, 3.8) is 0 Å². The molecule has 1 aromatic heterocycles. The first kappa shape index (κ1) is 9.47. The Kier molecular flexibility index (Phi) is 2.48. The summed E-state index contributed by atoms with van der Waals surface area (Å²) in [7, 11) is 0. The number of nitrogens with one attached hydrogen (secondary N) is 1. The minimum atomic E-state index is -0.0312. The Morgan fingerprint density at radius 2 is 2.15 bits per heavy atom. The molecular formula is C7H7ClN4O. The van der Waals surface area contributed by atoms with Gasteiger partial charge in [0, 0.05) is 5.56 Å². The number of fused-ring (bicyclic) bond motifs is 1. The number of nitrogens with zero attached hydrogens (tertiary/aromatic N) is 2. The summed E-state index contributed by atoms with van der Waals surface area (Å²) >= 11 is 0. The van der Waals surface area contributed by atoms with Gasteiger partial charge in [0.1, 0.15) is 16.9 Å². The van der Waals surface area contributed by atoms with E-state index in [1.165, 1.54) is 0 Å². The number of halogens is 1. The van der Waals surface area contributed by atoms with Gasteiger partial charge in [0.05, 0.1) is 0 Å². The third-order valence-electron chi connectivity index (χ3n) is 1.58. The van der Waals surface area contributed by atoms with Crippen LogP contribution < -0.4 is 5.73 Å². The molecule has 68 valence electrons. The summed E-state index contributed by atoms with van der Waals surface area (Å²) in [6, 6.07) is 5.20. The molecular weight excluding hydrogens is 192 g/mol. The lowest BCUT2D eigenvalue weighted by Crippen LogP contribution is -2.11. The maximum absolute atomic E-state index is 7.22. The van der Waals surface area contributed by atoms with Crippen molar-refractivity contribution in [2.75, 3.05) is 0 Å². The van der Waals surface area contributed by atoms with E-state index < -0.39 is 0 Å². The van der Waals surface area contributed by atoms with Crippen molar-refractivity contribution in [1.29, 1.82) is 5.41 Å². The van der Waals surface area contributed by atoms with Gasteiger partial charge in [-0.2, -0.15) is 0 Å². The molecule has 0 aliphatic carbocycles. The first-order valence-electron chi connectivity index (χ1n) is 3.35. The van der Waals surface area contributed by atoms with Gasteiger partial charge in [0.2, 0.25) is 0 Å². The summed E-state index contributed by atoms with van der Waals surface area (Å²) < 4.78 is 4.50. The van der Waals surface area contributed by atoms with Gasteiger partial charge in [-0.25, -0.2) is 4.63 Å². The Bertz CT molecular complexity index is 439. The van der Waals surface area contributed by atoms with Gasteiger partial charge >= 0.3 is 0 Å². The van der Waals surface area contributed by atoms with Crippen LogP contribution in [-0.2, 0) is 0 Å². The number of hydrogen-bond donors (Lipinski definition) is 2. The van der Waals surface area contributed by atoms with Gasteiger partial charge < -0.3 is 5.73 Å². The fourth-order valence-corrected chi connectivity index (χ4v) is 1.02. The molecule has 0 aliphatic heterocycles. The Balaban J connectivity index is 0.000000845. The zero-order valence-electron chi connectivity index (χ0n) is 6.52. The van der Waals surface area contributed by atoms with Crippen LogP contribution >= 0.6 is 12.4 Å². The number of amidine groups is 1. The van der Waals surface area contributed by atoms with Crippen molar-refractivity contribution in [2.24, 2.45) is 5.73 Å². The molecule has 0 radical (unpaired) electrons. The van der Waals surface area contributed by atoms with Gasteiger partial charge in [0.15, 0.2) is 0 Å². The van der Waals surface area contributed by atoms with Crippen LogP contribution in [0.5, 0.6) is 0 Å². The molecule has 0 saturated carbocycles. The summed E-state index contributed by atoms with van der Waals surface area (Å²) in [6.45, 7) is 0. The van der Waals surface area contributed by atoms with Crippen molar-refractivity contribution < 1.29 is 4.63 Å². The summed E-state index contributed by atoms with van der Waals surface area (Å²) in [4.78, 5) is 0. The van der Waals surface area contributed by atoms with E-state index in [1.54, 1.807) is 18.2 Å². The second kappa shape index (κ2) is 3.40. The highest BCUT2D eigenvalue weighted by atomic mass is 35.5. The molecule has 3 N–H and O–H groups in total. The lowest BCUT2D eigenvalue weighted by Gasteiger charge is -1.94. The molecule has 2 aromatic rings. The maximum atomic E-state index is 7.22. The van der Waals surface area contributed by atoms with E-state index >= 15 is 0 Å². The van der Waals surface area contributed by atoms with Gasteiger partial charge in [-0.15, -0.1) is 12.4 Å². The van der Waals surface area contributed by atoms with E-state index in [4.69, 9.17) is 11.1 Å². The molecule has 0 saturated heterocycles. The molecule has 1 heterocycles. The molecule has 0 unspecified atom stereocenters. The predicted octanol–water partition coefficient (Wildman–Crippen LogP) is 0.929. The molecule has 1 aromatic carbocycles. The van der Waals surface area contributed by atoms with Gasteiger partial charge in [-0.1, -0.05) is 6.07 Å². The Morgan fingerprint density at radius 3 is 2.85 bits per heavy atom. The summed E-state index contributed by atoms with van der Waals surface area (Å²) in [5.74, 6) is -0.0312. The van der Waals surface area contributed by atoms with Gasteiger partial charge in [-0.3, -0.25) is 5.41 Å². The number of benzene rings is 1. The SMILES string of the molecule is Cl.N=C(N)c1cccc2nonc12. The minimum absolute atomic E-state index is 0. The van der Waals surface area contributed by atoms with Crippen LogP contribution in [0, 0.1) is 5.41 Å². The fourth-order valence-electron chi connectivity index (χ4n) is 1.02. The second-order valence-corrected chi connectivity index (χ2v) is 2.35. The van der Waals surface area contributed by atoms with Crippen molar-refractivity contribution in [1.82, 2.24) is 10.3 Å². The smallest absolute Gasteiger partial charge is 0.146 e. The maximum Gasteiger partial charge on any atom is 0.146 e. The van der Waals surface area contributed by atoms with Crippen LogP contribution in [0.4, 0.5) is 0 Å². The highest BCUT2D eigenvalue weighted by molar-refractivity contribution is 6.04. The molecule has 0 amide bonds. The normalized spacial score (nSPS) is 9.54. The molecule has 6 heteroatoms. The van der Waals surface area contributed by atoms with Crippen LogP contribution in [0.1, 0.15) is 5.56 Å². The third-order valence-corrected chi connectivity index (χ3v) is 1.58. The van der Waals surface area contributed by atoms with E-state index in [0.29, 0.717) is 16.6 Å². The van der Waals surface area contributed by atoms with E-state index in [1.807, 2.05) is 0 Å². The van der Waals surface area contributed by atoms with Crippen LogP contribution in [-0.4, -0.2) is 16.1 Å². The van der Waals surface area contributed by atoms with Crippen molar-refractivity contribution in [2.45, 2.75) is 0 Å². The molecule has 0 atom stereocenters. The van der Waals surface area contributed by atoms with Crippen molar-refractivity contribution >= 4 is 29.3 Å². The van der Waals surface area contributed by atoms with Crippen LogP contribution in [0.15, 0.2) is 22.8 Å². The lowest BCUT2D eigenvalue weighted by atomic mass is 10.2. The fraction of sp³-hybridized carbons (Fsp3) is 0. The van der Waals surface area contributed by atoms with E-state index in [2.05, 4.69) is 14.9 Å². The molecule has 2 rings (SSSR count). The average molecular weight is 199 g/mol. The van der Waals surface area contributed by atoms with Crippen molar-refractivity contribution in [3.05, 3.63) is 23.8 Å². The third kappa shape index (κ3) is 1.46. The minimum Gasteiger partial charge on any atom is -0.384 e. The first-order chi connectivity index (χ1) is 5.79. The van der Waals surface area contributed by atoms with Crippen molar-refractivity contribution in [3.8, 4) is 0 Å². The Hall–Kier alpha value is -1.62. The lowest BCUT2D eigenvalue weighted by molar-refractivity contribution is 0.315. The first-order valence-corrected chi connectivity index (χ1v) is 3.35. The molecule has 0 aliphatic rings. The number of aromatic nitrogens is 2. The molecule has 5 nitrogen and oxygen atoms in total. The number of nitrogens with two attached hydrogens (primary N) is 1. The topological polar surface area (TPSA) is 88.8 Å². The van der Waals surface area contributed by atoms with Crippen LogP contribution in [0.25, 0.3) is 11.0 Å². The highest BCUT2D eigenvalue weighted by Gasteiger charge is 2.07. The summed E-state index contributed by atoms with van der Waals surface area (Å²) in [6.07, 6.45) is 0. The average Bonchev–Trinajstić information content (AvgIpc) is 2.49. The molecule has 0 bridgehead atoms. The van der Waals surface area contributed by atoms with E-state index in [0.717, 1.165) is 0 Å². The number of hydrogen-bond acceptors (Lipinski definition) is 4. The Labute approximate surface area is 79.8 Å². The zero-order chi connectivity index (χ0) is 8.55. The molecule has 0 fully saturated rings. The van der Waals surface area contributed by atoms with Crippen LogP contribution in [0.2, 0.25) is 0 Å². The Morgan fingerprint density at radius 1 is 1.38 bits per heavy atom. The second-order valence-electron chi connectivity index (χ2n) is 2.35. The summed E-state index contributed by atoms with van der Waals surface area (Å²) in [5.41, 5.74) is 7.01. The number of rotatable bonds is 1. The standard InChI is InChI=1S/C7H6N4O.ClH/c8-7(9)4-2-1-3-5-6(4)11-12-10-5;/h1-3H,(H3,8,9);1H. The highest BCUT2D eigenvalue weighted by Crippen LogP contribution is 2.13. The zero-order valence-corrected chi connectivity index (χ0v) is 7.34. The molecule has 0 spiro atoms. The van der Waals surface area contributed by atoms with Crippen LogP contribution in [0.3, 0.4) is 0 Å². The number of nitrogen functional groups attached to an aromatic ring is 1. The predicted molar refractivity (Wildman–Crippen MR) is 50.1 cm³/mol. The van der Waals surface area contributed by atoms with Gasteiger partial charge in [0.25, 0.3) is 0 Å². The largest absolute Gasteiger partial charge is 0.384 e. The quantitative estimate of drug-likeness (QED) is 0.527. The van der Waals surface area contributed by atoms with Gasteiger partial charge in [-0.05, 0) is 22.4 Å². The van der Waals surface area contributed by atoms with E-state index in [-0.39, 0.29) is 18.2 Å². The summed E-state index contributed by atoms with van der Waals surface area (Å²) in [5, 5.41) is 14.5. The van der Waals surface area contributed by atoms with E-state index in [9.17, 15) is 0 Å². The monoisotopic (exact) mass is 198 g/mol. The molecule has 13 heavy (non-hydrogen) atoms.